The van der Waals surface area contributed by atoms with Crippen molar-refractivity contribution >= 4 is 44.1 Å². The molecule has 458 valence electrons. The van der Waals surface area contributed by atoms with Crippen LogP contribution in [-0.2, 0) is 0 Å². The summed E-state index contributed by atoms with van der Waals surface area (Å²) in [6, 6.07) is 106. The molecule has 96 heavy (non-hydrogen) atoms. The van der Waals surface area contributed by atoms with E-state index in [9.17, 15) is 0 Å². The van der Waals surface area contributed by atoms with Gasteiger partial charge in [0.05, 0.1) is 0 Å². The summed E-state index contributed by atoms with van der Waals surface area (Å²) in [4.78, 5) is 40.1. The Bertz CT molecular complexity index is 5340. The number of hydrogen-bond acceptors (Lipinski definition) is 10. The molecule has 12 heteroatoms. The van der Waals surface area contributed by atoms with Gasteiger partial charge in [0.2, 0.25) is 0 Å². The Morgan fingerprint density at radius 2 is 0.417 bits per heavy atom. The Balaban J connectivity index is 0.898. The molecule has 0 aliphatic carbocycles. The number of benzene rings is 12. The van der Waals surface area contributed by atoms with Crippen LogP contribution in [0.4, 0.5) is 0 Å². The van der Waals surface area contributed by atoms with Crippen molar-refractivity contribution in [3.63, 3.8) is 0 Å². The smallest absolute Gasteiger partial charge is 0.164 e. The maximum atomic E-state index is 7.09. The highest BCUT2D eigenvalue weighted by Crippen LogP contribution is 2.43. The Hall–Kier alpha value is -12.8. The summed E-state index contributed by atoms with van der Waals surface area (Å²) in [5.74, 6) is 4.16. The van der Waals surface area contributed by atoms with E-state index in [1.807, 2.05) is 218 Å². The Kier molecular flexibility index (Phi) is 14.9. The number of H-pyrrole nitrogens is 2. The van der Waals surface area contributed by atoms with Gasteiger partial charge in [-0.25, -0.2) is 29.9 Å². The van der Waals surface area contributed by atoms with Crippen LogP contribution in [0, 0.1) is 0 Å². The third-order valence-electron chi connectivity index (χ3n) is 17.6. The Labute approximate surface area is 552 Å². The van der Waals surface area contributed by atoms with Gasteiger partial charge in [-0.05, 0) is 117 Å². The van der Waals surface area contributed by atoms with Gasteiger partial charge in [0.25, 0.3) is 0 Å². The molecule has 0 unspecified atom stereocenters. The quantitative estimate of drug-likeness (QED) is 0.0959. The molecule has 17 rings (SSSR count). The number of ether oxygens (including phenoxy) is 4. The third-order valence-corrected chi connectivity index (χ3v) is 17.6. The second-order valence-electron chi connectivity index (χ2n) is 23.7. The summed E-state index contributed by atoms with van der Waals surface area (Å²) in [6.45, 7) is 0. The highest BCUT2D eigenvalue weighted by Gasteiger charge is 2.28. The zero-order valence-electron chi connectivity index (χ0n) is 51.6. The van der Waals surface area contributed by atoms with E-state index in [2.05, 4.69) is 107 Å². The fourth-order valence-corrected chi connectivity index (χ4v) is 12.9. The second-order valence-corrected chi connectivity index (χ2v) is 23.7. The molecule has 0 saturated heterocycles. The summed E-state index contributed by atoms with van der Waals surface area (Å²) >= 11 is 0. The van der Waals surface area contributed by atoms with Crippen LogP contribution in [0.5, 0.6) is 23.0 Å². The summed E-state index contributed by atoms with van der Waals surface area (Å²) in [5.41, 5.74) is 13.0. The fourth-order valence-electron chi connectivity index (χ4n) is 12.9. The van der Waals surface area contributed by atoms with Gasteiger partial charge in [-0.15, -0.1) is 0 Å². The van der Waals surface area contributed by atoms with Gasteiger partial charge in [0.15, 0.2) is 23.3 Å². The predicted octanol–water partition coefficient (Wildman–Crippen LogP) is 19.5. The van der Waals surface area contributed by atoms with Crippen LogP contribution < -0.4 is 18.9 Å². The number of nitrogens with zero attached hydrogens (tertiary/aromatic N) is 6. The van der Waals surface area contributed by atoms with Gasteiger partial charge in [0.1, 0.15) is 70.0 Å². The minimum absolute atomic E-state index is 0.399. The summed E-state index contributed by atoms with van der Waals surface area (Å²) in [6.07, 6.45) is -1.69. The first kappa shape index (κ1) is 57.1. The van der Waals surface area contributed by atoms with Gasteiger partial charge in [-0.3, -0.25) is 0 Å². The molecule has 0 fully saturated rings. The van der Waals surface area contributed by atoms with Crippen molar-refractivity contribution in [2.45, 2.75) is 24.4 Å². The molecule has 8 bridgehead atoms. The van der Waals surface area contributed by atoms with Crippen molar-refractivity contribution < 1.29 is 18.9 Å². The van der Waals surface area contributed by atoms with Crippen LogP contribution in [0.1, 0.15) is 68.9 Å². The molecule has 0 atom stereocenters. The van der Waals surface area contributed by atoms with E-state index in [1.165, 1.54) is 0 Å². The van der Waals surface area contributed by atoms with E-state index >= 15 is 0 Å². The van der Waals surface area contributed by atoms with Crippen molar-refractivity contribution in [3.8, 4) is 68.5 Å². The maximum absolute atomic E-state index is 7.09. The predicted molar refractivity (Wildman–Crippen MR) is 377 cm³/mol. The lowest BCUT2D eigenvalue weighted by molar-refractivity contribution is 0.247. The van der Waals surface area contributed by atoms with E-state index in [-0.39, 0.29) is 0 Å². The summed E-state index contributed by atoms with van der Waals surface area (Å²) in [5, 5.41) is 3.04. The topological polar surface area (TPSA) is 146 Å². The number of hydrogen-bond donors (Lipinski definition) is 2. The third kappa shape index (κ3) is 11.3. The summed E-state index contributed by atoms with van der Waals surface area (Å²) < 4.78 is 28.3. The SMILES string of the molecule is c1ccc(C(Oc2ccc3c(c2)-c2nc-3nc3[nH]c(nc4nc(nc5[nH]c(n2)c2ccc(OC(c6ccccc6)c6ccccc6)cc52)-c2cc(OC(c5ccccc5)c5ccccc5)ccc2-4)c2cc(OC(c4ccccc4)c4ccccc4)ccc32)c2ccccc2)cc1. The van der Waals surface area contributed by atoms with Gasteiger partial charge in [0, 0.05) is 43.8 Å². The van der Waals surface area contributed by atoms with Crippen molar-refractivity contribution in [2.75, 3.05) is 0 Å². The first-order valence-corrected chi connectivity index (χ1v) is 32.0. The molecule has 15 aromatic rings. The van der Waals surface area contributed by atoms with Crippen molar-refractivity contribution in [3.05, 3.63) is 360 Å². The first-order valence-electron chi connectivity index (χ1n) is 32.0. The lowest BCUT2D eigenvalue weighted by Crippen LogP contribution is -2.09. The van der Waals surface area contributed by atoms with Crippen molar-refractivity contribution in [2.24, 2.45) is 0 Å². The minimum atomic E-state index is -0.428. The van der Waals surface area contributed by atoms with Crippen LogP contribution in [0.25, 0.3) is 89.7 Å². The van der Waals surface area contributed by atoms with Crippen molar-refractivity contribution in [1.29, 1.82) is 0 Å². The molecule has 0 amide bonds. The van der Waals surface area contributed by atoms with Gasteiger partial charge in [-0.1, -0.05) is 243 Å². The second kappa shape index (κ2) is 25.0. The van der Waals surface area contributed by atoms with E-state index < -0.39 is 24.4 Å². The van der Waals surface area contributed by atoms with Crippen LogP contribution >= 0.6 is 0 Å². The maximum Gasteiger partial charge on any atom is 0.164 e. The van der Waals surface area contributed by atoms with E-state index in [0.29, 0.717) is 74.4 Å². The minimum Gasteiger partial charge on any atom is -0.481 e. The van der Waals surface area contributed by atoms with E-state index in [4.69, 9.17) is 48.9 Å². The average Bonchev–Trinajstić information content (AvgIpc) is 1.61. The molecule has 12 nitrogen and oxygen atoms in total. The van der Waals surface area contributed by atoms with E-state index in [1.54, 1.807) is 0 Å². The van der Waals surface area contributed by atoms with E-state index in [0.717, 1.165) is 82.7 Å². The van der Waals surface area contributed by atoms with Gasteiger partial charge < -0.3 is 28.9 Å². The lowest BCUT2D eigenvalue weighted by Gasteiger charge is -2.20. The Morgan fingerprint density at radius 1 is 0.198 bits per heavy atom. The van der Waals surface area contributed by atoms with Gasteiger partial charge in [-0.2, -0.15) is 0 Å². The van der Waals surface area contributed by atoms with Crippen molar-refractivity contribution in [1.82, 2.24) is 39.9 Å². The zero-order chi connectivity index (χ0) is 63.7. The average molecular weight is 1240 g/mol. The molecule has 3 aromatic heterocycles. The van der Waals surface area contributed by atoms with Gasteiger partial charge >= 0.3 is 0 Å². The summed E-state index contributed by atoms with van der Waals surface area (Å²) in [7, 11) is 0. The largest absolute Gasteiger partial charge is 0.481 e. The molecule has 12 aromatic carbocycles. The number of fused-ring (bicyclic) bond motifs is 20. The van der Waals surface area contributed by atoms with Crippen LogP contribution in [-0.4, -0.2) is 39.9 Å². The molecule has 2 aliphatic rings. The Morgan fingerprint density at radius 3 is 0.677 bits per heavy atom. The number of aromatic amines is 2. The molecule has 5 heterocycles. The van der Waals surface area contributed by atoms with Crippen LogP contribution in [0.3, 0.4) is 0 Å². The molecular weight excluding hydrogens is 1180 g/mol. The zero-order valence-corrected chi connectivity index (χ0v) is 51.6. The number of rotatable bonds is 16. The molecular formula is C84H58N8O4. The normalized spacial score (nSPS) is 11.7. The molecule has 0 saturated carbocycles. The van der Waals surface area contributed by atoms with Crippen LogP contribution in [0.2, 0.25) is 0 Å². The fraction of sp³-hybridized carbons (Fsp3) is 0.0476. The standard InChI is InChI=1S/C84H58N8O4/c1-9-25-53(26-10-1)73(54-27-11-2-12-28-54)93-61-41-45-65-69(49-61)81-86-77(65)85-78-66-46-42-62(94-74(55-29-13-3-14-30-55)56-31-15-4-16-32-56)50-70(66)82(87-78)89-80-68-48-44-64(96-76(59-37-21-7-22-38-59)60-39-23-8-24-40-60)52-72(68)84(91-80)92-83-71-51-63(43-47-67(71)79(88-81)90-83)95-75(57-33-17-5-18-34-57)58-35-19-6-20-36-58/h1-52,73-76H,(H2,85,86,87,88,89,90,91,92). The van der Waals surface area contributed by atoms with Crippen LogP contribution in [0.15, 0.2) is 315 Å². The monoisotopic (exact) mass is 1240 g/mol. The molecule has 2 N–H and O–H groups in total. The first-order chi connectivity index (χ1) is 47.5. The highest BCUT2D eigenvalue weighted by atomic mass is 16.5. The number of nitrogens with one attached hydrogen (secondary N) is 2. The lowest BCUT2D eigenvalue weighted by atomic mass is 10.0. The highest BCUT2D eigenvalue weighted by molar-refractivity contribution is 6.07. The molecule has 0 radical (unpaired) electrons. The number of aromatic nitrogens is 8. The molecule has 0 spiro atoms. The molecule has 2 aliphatic heterocycles.